The molecule has 0 aromatic carbocycles. The van der Waals surface area contributed by atoms with Crippen molar-refractivity contribution in [3.8, 4) is 0 Å². The van der Waals surface area contributed by atoms with E-state index in [4.69, 9.17) is 14.6 Å². The molecular formula is C13H18N2O4. The highest BCUT2D eigenvalue weighted by atomic mass is 16.7. The molecule has 0 unspecified atom stereocenters. The molecule has 2 heterocycles. The summed E-state index contributed by atoms with van der Waals surface area (Å²) in [5.74, 6) is -0.714. The van der Waals surface area contributed by atoms with Gasteiger partial charge in [-0.1, -0.05) is 6.07 Å². The third kappa shape index (κ3) is 3.02. The number of hydrogen-bond acceptors (Lipinski definition) is 4. The first-order valence-corrected chi connectivity index (χ1v) is 6.05. The summed E-state index contributed by atoms with van der Waals surface area (Å²) >= 11 is 0. The average Bonchev–Trinajstić information content (AvgIpc) is 2.33. The Kier molecular flexibility index (Phi) is 3.47. The Balaban J connectivity index is 2.30. The fourth-order valence-electron chi connectivity index (χ4n) is 1.92. The number of carboxylic acid groups (broad SMARTS) is 1. The molecular weight excluding hydrogens is 248 g/mol. The number of pyridine rings is 1. The van der Waals surface area contributed by atoms with Crippen molar-refractivity contribution < 1.29 is 19.4 Å². The second kappa shape index (κ2) is 4.79. The van der Waals surface area contributed by atoms with E-state index in [0.717, 1.165) is 5.56 Å². The Bertz CT molecular complexity index is 460. The Labute approximate surface area is 111 Å². The largest absolute Gasteiger partial charge is 0.465 e. The van der Waals surface area contributed by atoms with Crippen molar-refractivity contribution >= 4 is 6.09 Å². The number of carbonyl (C=O) groups is 1. The predicted octanol–water partition coefficient (Wildman–Crippen LogP) is 1.64. The third-order valence-corrected chi connectivity index (χ3v) is 3.08. The highest BCUT2D eigenvalue weighted by Gasteiger charge is 2.43. The van der Waals surface area contributed by atoms with E-state index in [2.05, 4.69) is 10.3 Å². The van der Waals surface area contributed by atoms with Gasteiger partial charge in [-0.3, -0.25) is 4.98 Å². The van der Waals surface area contributed by atoms with Gasteiger partial charge in [0.2, 0.25) is 0 Å². The molecule has 0 atom stereocenters. The number of amides is 1. The standard InChI is InChI=1S/C13H18N2O4/c1-9-4-5-10(14-6-9)13(15-11(16)17)7-18-12(2,3)19-8-13/h4-6,15H,7-8H2,1-3H3,(H,16,17). The number of hydrogen-bond donors (Lipinski definition) is 2. The molecule has 2 N–H and O–H groups in total. The normalized spacial score (nSPS) is 20.8. The van der Waals surface area contributed by atoms with Crippen molar-refractivity contribution in [3.05, 3.63) is 29.6 Å². The van der Waals surface area contributed by atoms with Crippen molar-refractivity contribution in [1.29, 1.82) is 0 Å². The molecule has 0 aliphatic carbocycles. The summed E-state index contributed by atoms with van der Waals surface area (Å²) in [5, 5.41) is 11.5. The first-order chi connectivity index (χ1) is 8.83. The zero-order valence-electron chi connectivity index (χ0n) is 11.3. The van der Waals surface area contributed by atoms with Crippen molar-refractivity contribution in [1.82, 2.24) is 10.3 Å². The summed E-state index contributed by atoms with van der Waals surface area (Å²) in [6.45, 7) is 5.87. The molecule has 0 saturated carbocycles. The van der Waals surface area contributed by atoms with Gasteiger partial charge < -0.3 is 19.9 Å². The molecule has 1 aliphatic heterocycles. The summed E-state index contributed by atoms with van der Waals surface area (Å²) in [7, 11) is 0. The van der Waals surface area contributed by atoms with Crippen LogP contribution in [0.25, 0.3) is 0 Å². The molecule has 1 amide bonds. The van der Waals surface area contributed by atoms with Crippen LogP contribution in [0.1, 0.15) is 25.1 Å². The van der Waals surface area contributed by atoms with Gasteiger partial charge in [0.15, 0.2) is 5.79 Å². The van der Waals surface area contributed by atoms with Gasteiger partial charge in [0.25, 0.3) is 0 Å². The lowest BCUT2D eigenvalue weighted by Crippen LogP contribution is -2.58. The van der Waals surface area contributed by atoms with Gasteiger partial charge in [0, 0.05) is 6.20 Å². The molecule has 0 spiro atoms. The average molecular weight is 266 g/mol. The van der Waals surface area contributed by atoms with Gasteiger partial charge in [-0.05, 0) is 32.4 Å². The Morgan fingerprint density at radius 2 is 2.00 bits per heavy atom. The van der Waals surface area contributed by atoms with Crippen molar-refractivity contribution in [2.45, 2.75) is 32.1 Å². The van der Waals surface area contributed by atoms with Crippen LogP contribution in [0.4, 0.5) is 4.79 Å². The molecule has 1 aliphatic rings. The number of ether oxygens (including phenoxy) is 2. The van der Waals surface area contributed by atoms with Crippen molar-refractivity contribution in [2.75, 3.05) is 13.2 Å². The molecule has 1 saturated heterocycles. The summed E-state index contributed by atoms with van der Waals surface area (Å²) in [6, 6.07) is 3.67. The van der Waals surface area contributed by atoms with Crippen LogP contribution in [0.2, 0.25) is 0 Å². The van der Waals surface area contributed by atoms with Crippen molar-refractivity contribution in [2.24, 2.45) is 0 Å². The molecule has 104 valence electrons. The lowest BCUT2D eigenvalue weighted by atomic mass is 9.95. The maximum absolute atomic E-state index is 11.0. The van der Waals surface area contributed by atoms with Crippen LogP contribution in [-0.4, -0.2) is 35.2 Å². The number of rotatable bonds is 2. The summed E-state index contributed by atoms with van der Waals surface area (Å²) in [6.07, 6.45) is 0.565. The molecule has 6 heteroatoms. The van der Waals surface area contributed by atoms with Crippen LogP contribution >= 0.6 is 0 Å². The number of nitrogens with one attached hydrogen (secondary N) is 1. The third-order valence-electron chi connectivity index (χ3n) is 3.08. The molecule has 19 heavy (non-hydrogen) atoms. The molecule has 0 bridgehead atoms. The van der Waals surface area contributed by atoms with Gasteiger partial charge in [-0.2, -0.15) is 0 Å². The van der Waals surface area contributed by atoms with Crippen LogP contribution < -0.4 is 5.32 Å². The summed E-state index contributed by atoms with van der Waals surface area (Å²) in [4.78, 5) is 15.3. The maximum atomic E-state index is 11.0. The molecule has 2 rings (SSSR count). The van der Waals surface area contributed by atoms with Crippen LogP contribution in [0, 0.1) is 6.92 Å². The van der Waals surface area contributed by atoms with E-state index >= 15 is 0 Å². The quantitative estimate of drug-likeness (QED) is 0.850. The monoisotopic (exact) mass is 266 g/mol. The molecule has 0 radical (unpaired) electrons. The van der Waals surface area contributed by atoms with E-state index in [1.165, 1.54) is 0 Å². The minimum Gasteiger partial charge on any atom is -0.465 e. The van der Waals surface area contributed by atoms with Gasteiger partial charge in [-0.25, -0.2) is 4.79 Å². The number of aryl methyl sites for hydroxylation is 1. The van der Waals surface area contributed by atoms with E-state index in [1.54, 1.807) is 26.1 Å². The molecule has 1 fully saturated rings. The number of aromatic nitrogens is 1. The lowest BCUT2D eigenvalue weighted by Gasteiger charge is -2.42. The number of nitrogens with zero attached hydrogens (tertiary/aromatic N) is 1. The van der Waals surface area contributed by atoms with Crippen LogP contribution in [0.5, 0.6) is 0 Å². The van der Waals surface area contributed by atoms with E-state index in [-0.39, 0.29) is 13.2 Å². The highest BCUT2D eigenvalue weighted by molar-refractivity contribution is 5.66. The second-order valence-corrected chi connectivity index (χ2v) is 5.21. The Hall–Kier alpha value is -1.66. The fraction of sp³-hybridized carbons (Fsp3) is 0.538. The fourth-order valence-corrected chi connectivity index (χ4v) is 1.92. The predicted molar refractivity (Wildman–Crippen MR) is 67.8 cm³/mol. The zero-order chi connectivity index (χ0) is 14.1. The van der Waals surface area contributed by atoms with E-state index in [0.29, 0.717) is 5.69 Å². The minimum absolute atomic E-state index is 0.183. The Morgan fingerprint density at radius 1 is 1.37 bits per heavy atom. The van der Waals surface area contributed by atoms with Gasteiger partial charge in [0.05, 0.1) is 18.9 Å². The van der Waals surface area contributed by atoms with Gasteiger partial charge >= 0.3 is 6.09 Å². The SMILES string of the molecule is Cc1ccc(C2(NC(=O)O)COC(C)(C)OC2)nc1. The molecule has 6 nitrogen and oxygen atoms in total. The van der Waals surface area contributed by atoms with E-state index < -0.39 is 17.4 Å². The summed E-state index contributed by atoms with van der Waals surface area (Å²) in [5.41, 5.74) is 0.637. The van der Waals surface area contributed by atoms with Gasteiger partial charge in [0.1, 0.15) is 5.54 Å². The molecule has 1 aromatic heterocycles. The lowest BCUT2D eigenvalue weighted by molar-refractivity contribution is -0.273. The zero-order valence-corrected chi connectivity index (χ0v) is 11.3. The summed E-state index contributed by atoms with van der Waals surface area (Å²) < 4.78 is 11.2. The van der Waals surface area contributed by atoms with Crippen molar-refractivity contribution in [3.63, 3.8) is 0 Å². The highest BCUT2D eigenvalue weighted by Crippen LogP contribution is 2.30. The smallest absolute Gasteiger partial charge is 0.405 e. The minimum atomic E-state index is -1.13. The van der Waals surface area contributed by atoms with E-state index in [1.807, 2.05) is 13.0 Å². The van der Waals surface area contributed by atoms with Gasteiger partial charge in [-0.15, -0.1) is 0 Å². The van der Waals surface area contributed by atoms with Crippen LogP contribution in [-0.2, 0) is 15.0 Å². The topological polar surface area (TPSA) is 80.7 Å². The van der Waals surface area contributed by atoms with Crippen LogP contribution in [0.3, 0.4) is 0 Å². The first kappa shape index (κ1) is 13.8. The second-order valence-electron chi connectivity index (χ2n) is 5.21. The first-order valence-electron chi connectivity index (χ1n) is 6.05. The molecule has 1 aromatic rings. The Morgan fingerprint density at radius 3 is 2.47 bits per heavy atom. The maximum Gasteiger partial charge on any atom is 0.405 e. The van der Waals surface area contributed by atoms with E-state index in [9.17, 15) is 4.79 Å². The van der Waals surface area contributed by atoms with Crippen LogP contribution in [0.15, 0.2) is 18.3 Å².